The van der Waals surface area contributed by atoms with Gasteiger partial charge in [0.25, 0.3) is 0 Å². The van der Waals surface area contributed by atoms with Crippen LogP contribution in [0.25, 0.3) is 0 Å². The Morgan fingerprint density at radius 3 is 2.87 bits per heavy atom. The number of anilines is 1. The number of aryl methyl sites for hydroxylation is 1. The summed E-state index contributed by atoms with van der Waals surface area (Å²) < 4.78 is 0. The molecular formula is C12H18N2O. The second-order valence-corrected chi connectivity index (χ2v) is 4.49. The zero-order chi connectivity index (χ0) is 10.7. The van der Waals surface area contributed by atoms with Crippen molar-refractivity contribution in [2.75, 3.05) is 18.5 Å². The number of nitrogens with one attached hydrogen (secondary N) is 1. The largest absolute Gasteiger partial charge is 0.396 e. The predicted octanol–water partition coefficient (Wildman–Crippen LogP) is 1.96. The van der Waals surface area contributed by atoms with E-state index in [-0.39, 0.29) is 0 Å². The molecule has 15 heavy (non-hydrogen) atoms. The average Bonchev–Trinajstić information content (AvgIpc) is 2.97. The lowest BCUT2D eigenvalue weighted by Crippen LogP contribution is -2.17. The molecule has 1 aliphatic carbocycles. The quantitative estimate of drug-likeness (QED) is 0.774. The fourth-order valence-corrected chi connectivity index (χ4v) is 1.85. The summed E-state index contributed by atoms with van der Waals surface area (Å²) in [5, 5.41) is 12.3. The van der Waals surface area contributed by atoms with Crippen LogP contribution in [-0.2, 0) is 0 Å². The van der Waals surface area contributed by atoms with E-state index >= 15 is 0 Å². The summed E-state index contributed by atoms with van der Waals surface area (Å²) >= 11 is 0. The molecule has 0 unspecified atom stereocenters. The fourth-order valence-electron chi connectivity index (χ4n) is 1.85. The van der Waals surface area contributed by atoms with Crippen molar-refractivity contribution in [1.82, 2.24) is 4.98 Å². The molecule has 0 spiro atoms. The third-order valence-corrected chi connectivity index (χ3v) is 3.13. The summed E-state index contributed by atoms with van der Waals surface area (Å²) in [7, 11) is 0. The zero-order valence-corrected chi connectivity index (χ0v) is 9.16. The van der Waals surface area contributed by atoms with Gasteiger partial charge in [-0.1, -0.05) is 6.07 Å². The molecule has 1 saturated carbocycles. The van der Waals surface area contributed by atoms with Crippen molar-refractivity contribution in [2.24, 2.45) is 5.41 Å². The van der Waals surface area contributed by atoms with Gasteiger partial charge in [-0.15, -0.1) is 0 Å². The Morgan fingerprint density at radius 1 is 1.47 bits per heavy atom. The molecule has 0 radical (unpaired) electrons. The van der Waals surface area contributed by atoms with Gasteiger partial charge in [0, 0.05) is 18.8 Å². The molecular weight excluding hydrogens is 188 g/mol. The van der Waals surface area contributed by atoms with Crippen LogP contribution in [0.15, 0.2) is 18.2 Å². The van der Waals surface area contributed by atoms with Crippen LogP contribution in [0.2, 0.25) is 0 Å². The number of hydrogen-bond donors (Lipinski definition) is 2. The molecule has 0 atom stereocenters. The standard InChI is InChI=1S/C12H18N2O/c1-10-3-2-4-11(14-10)13-9-12(5-6-12)7-8-15/h2-4,15H,5-9H2,1H3,(H,13,14). The van der Waals surface area contributed by atoms with E-state index in [9.17, 15) is 0 Å². The van der Waals surface area contributed by atoms with Crippen molar-refractivity contribution in [3.05, 3.63) is 23.9 Å². The third-order valence-electron chi connectivity index (χ3n) is 3.13. The van der Waals surface area contributed by atoms with Crippen LogP contribution in [0.3, 0.4) is 0 Å². The highest BCUT2D eigenvalue weighted by Gasteiger charge is 2.41. The number of pyridine rings is 1. The molecule has 0 amide bonds. The molecule has 0 saturated heterocycles. The number of aliphatic hydroxyl groups excluding tert-OH is 1. The second kappa shape index (κ2) is 4.19. The number of hydrogen-bond acceptors (Lipinski definition) is 3. The Kier molecular flexibility index (Phi) is 2.91. The molecule has 1 aromatic heterocycles. The lowest BCUT2D eigenvalue weighted by molar-refractivity contribution is 0.253. The molecule has 82 valence electrons. The summed E-state index contributed by atoms with van der Waals surface area (Å²) in [5.74, 6) is 0.944. The van der Waals surface area contributed by atoms with Gasteiger partial charge < -0.3 is 10.4 Å². The van der Waals surface area contributed by atoms with Crippen LogP contribution in [0.1, 0.15) is 25.0 Å². The van der Waals surface area contributed by atoms with Gasteiger partial charge in [0.1, 0.15) is 5.82 Å². The van der Waals surface area contributed by atoms with E-state index in [0.29, 0.717) is 12.0 Å². The molecule has 0 bridgehead atoms. The van der Waals surface area contributed by atoms with Gasteiger partial charge in [-0.25, -0.2) is 4.98 Å². The van der Waals surface area contributed by atoms with E-state index < -0.39 is 0 Å². The van der Waals surface area contributed by atoms with Gasteiger partial charge >= 0.3 is 0 Å². The first-order valence-corrected chi connectivity index (χ1v) is 5.53. The highest BCUT2D eigenvalue weighted by atomic mass is 16.3. The number of nitrogens with zero attached hydrogens (tertiary/aromatic N) is 1. The first kappa shape index (κ1) is 10.4. The zero-order valence-electron chi connectivity index (χ0n) is 9.16. The Balaban J connectivity index is 1.88. The number of aliphatic hydroxyl groups is 1. The van der Waals surface area contributed by atoms with Crippen LogP contribution in [0.4, 0.5) is 5.82 Å². The van der Waals surface area contributed by atoms with Crippen LogP contribution >= 0.6 is 0 Å². The van der Waals surface area contributed by atoms with Gasteiger partial charge in [0.2, 0.25) is 0 Å². The topological polar surface area (TPSA) is 45.1 Å². The molecule has 0 aliphatic heterocycles. The SMILES string of the molecule is Cc1cccc(NCC2(CCO)CC2)n1. The molecule has 1 fully saturated rings. The van der Waals surface area contributed by atoms with Gasteiger partial charge in [0.15, 0.2) is 0 Å². The van der Waals surface area contributed by atoms with Gasteiger partial charge in [0.05, 0.1) is 0 Å². The van der Waals surface area contributed by atoms with Crippen molar-refractivity contribution < 1.29 is 5.11 Å². The van der Waals surface area contributed by atoms with Crippen molar-refractivity contribution in [2.45, 2.75) is 26.2 Å². The van der Waals surface area contributed by atoms with Crippen LogP contribution < -0.4 is 5.32 Å². The van der Waals surface area contributed by atoms with E-state index in [1.165, 1.54) is 12.8 Å². The Morgan fingerprint density at radius 2 is 2.27 bits per heavy atom. The van der Waals surface area contributed by atoms with Crippen LogP contribution in [0, 0.1) is 12.3 Å². The fraction of sp³-hybridized carbons (Fsp3) is 0.583. The Bertz CT molecular complexity index is 334. The minimum absolute atomic E-state index is 0.295. The first-order chi connectivity index (χ1) is 7.24. The second-order valence-electron chi connectivity index (χ2n) is 4.49. The molecule has 1 aliphatic rings. The Hall–Kier alpha value is -1.09. The molecule has 1 heterocycles. The molecule has 3 nitrogen and oxygen atoms in total. The lowest BCUT2D eigenvalue weighted by atomic mass is 10.0. The number of aromatic nitrogens is 1. The minimum Gasteiger partial charge on any atom is -0.396 e. The highest BCUT2D eigenvalue weighted by molar-refractivity contribution is 5.35. The number of rotatable bonds is 5. The lowest BCUT2D eigenvalue weighted by Gasteiger charge is -2.14. The Labute approximate surface area is 90.5 Å². The van der Waals surface area contributed by atoms with E-state index in [2.05, 4.69) is 10.3 Å². The predicted molar refractivity (Wildman–Crippen MR) is 60.8 cm³/mol. The first-order valence-electron chi connectivity index (χ1n) is 5.53. The maximum absolute atomic E-state index is 8.94. The van der Waals surface area contributed by atoms with E-state index in [1.54, 1.807) is 0 Å². The molecule has 0 aromatic carbocycles. The summed E-state index contributed by atoms with van der Waals surface area (Å²) in [5.41, 5.74) is 1.38. The van der Waals surface area contributed by atoms with E-state index in [1.807, 2.05) is 25.1 Å². The van der Waals surface area contributed by atoms with Gasteiger partial charge in [-0.05, 0) is 43.7 Å². The average molecular weight is 206 g/mol. The van der Waals surface area contributed by atoms with Gasteiger partial charge in [-0.2, -0.15) is 0 Å². The van der Waals surface area contributed by atoms with Crippen LogP contribution in [-0.4, -0.2) is 23.2 Å². The summed E-state index contributed by atoms with van der Waals surface area (Å²) in [4.78, 5) is 4.39. The maximum Gasteiger partial charge on any atom is 0.126 e. The molecule has 2 N–H and O–H groups in total. The van der Waals surface area contributed by atoms with Crippen molar-refractivity contribution in [3.8, 4) is 0 Å². The van der Waals surface area contributed by atoms with Crippen molar-refractivity contribution >= 4 is 5.82 Å². The van der Waals surface area contributed by atoms with E-state index in [0.717, 1.165) is 24.5 Å². The van der Waals surface area contributed by atoms with Crippen molar-refractivity contribution in [3.63, 3.8) is 0 Å². The monoisotopic (exact) mass is 206 g/mol. The van der Waals surface area contributed by atoms with Crippen LogP contribution in [0.5, 0.6) is 0 Å². The van der Waals surface area contributed by atoms with Crippen molar-refractivity contribution in [1.29, 1.82) is 0 Å². The maximum atomic E-state index is 8.94. The highest BCUT2D eigenvalue weighted by Crippen LogP contribution is 2.48. The molecule has 2 rings (SSSR count). The third kappa shape index (κ3) is 2.69. The molecule has 1 aromatic rings. The van der Waals surface area contributed by atoms with Gasteiger partial charge in [-0.3, -0.25) is 0 Å². The minimum atomic E-state index is 0.295. The summed E-state index contributed by atoms with van der Waals surface area (Å²) in [6.07, 6.45) is 3.37. The summed E-state index contributed by atoms with van der Waals surface area (Å²) in [6.45, 7) is 3.22. The smallest absolute Gasteiger partial charge is 0.126 e. The summed E-state index contributed by atoms with van der Waals surface area (Å²) in [6, 6.07) is 5.99. The normalized spacial score (nSPS) is 17.5. The molecule has 3 heteroatoms. The van der Waals surface area contributed by atoms with E-state index in [4.69, 9.17) is 5.11 Å².